The van der Waals surface area contributed by atoms with Gasteiger partial charge in [0, 0.05) is 30.3 Å². The van der Waals surface area contributed by atoms with Gasteiger partial charge in [-0.25, -0.2) is 0 Å². The molecule has 0 saturated carbocycles. The Labute approximate surface area is 177 Å². The van der Waals surface area contributed by atoms with Crippen LogP contribution in [0.15, 0.2) is 58.6 Å². The number of carbonyl (C=O) groups is 2. The molecule has 0 spiro atoms. The van der Waals surface area contributed by atoms with Crippen molar-refractivity contribution in [3.8, 4) is 5.75 Å². The zero-order valence-electron chi connectivity index (χ0n) is 16.2. The van der Waals surface area contributed by atoms with Crippen molar-refractivity contribution in [1.29, 1.82) is 0 Å². The average molecular weight is 460 g/mol. The number of carbonyl (C=O) groups excluding carboxylic acids is 2. The first kappa shape index (κ1) is 21.1. The lowest BCUT2D eigenvalue weighted by Crippen LogP contribution is -2.31. The molecular weight excluding hydrogens is 438 g/mol. The van der Waals surface area contributed by atoms with E-state index in [1.54, 1.807) is 38.5 Å². The van der Waals surface area contributed by atoms with Gasteiger partial charge in [0.1, 0.15) is 11.5 Å². The predicted molar refractivity (Wildman–Crippen MR) is 113 cm³/mol. The van der Waals surface area contributed by atoms with Crippen molar-refractivity contribution in [2.75, 3.05) is 27.4 Å². The van der Waals surface area contributed by atoms with Gasteiger partial charge in [0.05, 0.1) is 18.7 Å². The minimum absolute atomic E-state index is 0.0793. The first-order chi connectivity index (χ1) is 14.0. The summed E-state index contributed by atoms with van der Waals surface area (Å²) in [5.41, 5.74) is 1.27. The third-order valence-electron chi connectivity index (χ3n) is 4.82. The van der Waals surface area contributed by atoms with E-state index in [9.17, 15) is 14.7 Å². The number of ketones is 1. The van der Waals surface area contributed by atoms with Crippen LogP contribution in [0.2, 0.25) is 0 Å². The molecule has 7 heteroatoms. The standard InChI is InChI=1S/C22H22BrNO5/c1-28-12-4-11-24-19(15-5-3-6-16(23)13-15)18(21(26)22(24)27)20(25)14-7-9-17(29-2)10-8-14/h3,5-10,13,19,25H,4,11-12H2,1-2H3. The number of aliphatic hydroxyl groups excluding tert-OH is 1. The topological polar surface area (TPSA) is 76.1 Å². The fourth-order valence-electron chi connectivity index (χ4n) is 3.42. The van der Waals surface area contributed by atoms with Crippen molar-refractivity contribution in [1.82, 2.24) is 4.90 Å². The summed E-state index contributed by atoms with van der Waals surface area (Å²) < 4.78 is 11.1. The van der Waals surface area contributed by atoms with Crippen LogP contribution in [-0.4, -0.2) is 49.1 Å². The maximum atomic E-state index is 12.9. The summed E-state index contributed by atoms with van der Waals surface area (Å²) in [6.07, 6.45) is 0.580. The van der Waals surface area contributed by atoms with Crippen LogP contribution in [0, 0.1) is 0 Å². The summed E-state index contributed by atoms with van der Waals surface area (Å²) in [5, 5.41) is 11.0. The van der Waals surface area contributed by atoms with Crippen LogP contribution in [0.1, 0.15) is 23.6 Å². The third-order valence-corrected chi connectivity index (χ3v) is 5.31. The van der Waals surface area contributed by atoms with Gasteiger partial charge in [-0.3, -0.25) is 9.59 Å². The zero-order valence-corrected chi connectivity index (χ0v) is 17.8. The molecule has 1 amide bonds. The number of likely N-dealkylation sites (tertiary alicyclic amines) is 1. The molecule has 2 aromatic carbocycles. The minimum Gasteiger partial charge on any atom is -0.507 e. The summed E-state index contributed by atoms with van der Waals surface area (Å²) in [7, 11) is 3.14. The number of hydrogen-bond donors (Lipinski definition) is 1. The van der Waals surface area contributed by atoms with Crippen LogP contribution in [0.3, 0.4) is 0 Å². The summed E-state index contributed by atoms with van der Waals surface area (Å²) in [5.74, 6) is -0.892. The second kappa shape index (κ2) is 9.24. The monoisotopic (exact) mass is 459 g/mol. The average Bonchev–Trinajstić information content (AvgIpc) is 2.98. The highest BCUT2D eigenvalue weighted by Gasteiger charge is 2.45. The second-order valence-electron chi connectivity index (χ2n) is 6.62. The number of nitrogens with zero attached hydrogens (tertiary/aromatic N) is 1. The minimum atomic E-state index is -0.694. The van der Waals surface area contributed by atoms with Gasteiger partial charge in [0.25, 0.3) is 11.7 Å². The van der Waals surface area contributed by atoms with Crippen molar-refractivity contribution in [3.05, 3.63) is 69.7 Å². The van der Waals surface area contributed by atoms with Crippen molar-refractivity contribution in [3.63, 3.8) is 0 Å². The van der Waals surface area contributed by atoms with Gasteiger partial charge >= 0.3 is 0 Å². The number of rotatable bonds is 7. The lowest BCUT2D eigenvalue weighted by Gasteiger charge is -2.25. The SMILES string of the molecule is COCCCN1C(=O)C(=O)C(=C(O)c2ccc(OC)cc2)C1c1cccc(Br)c1. The number of hydrogen-bond acceptors (Lipinski definition) is 5. The molecule has 29 heavy (non-hydrogen) atoms. The van der Waals surface area contributed by atoms with E-state index in [-0.39, 0.29) is 11.3 Å². The Morgan fingerprint density at radius 3 is 2.48 bits per heavy atom. The van der Waals surface area contributed by atoms with Crippen LogP contribution in [0.5, 0.6) is 5.75 Å². The smallest absolute Gasteiger partial charge is 0.295 e. The molecule has 1 fully saturated rings. The van der Waals surface area contributed by atoms with Crippen molar-refractivity contribution < 1.29 is 24.2 Å². The molecule has 1 saturated heterocycles. The molecule has 1 atom stereocenters. The van der Waals surface area contributed by atoms with Gasteiger partial charge in [-0.05, 0) is 48.4 Å². The van der Waals surface area contributed by atoms with E-state index in [4.69, 9.17) is 9.47 Å². The molecule has 0 aliphatic carbocycles. The van der Waals surface area contributed by atoms with Crippen molar-refractivity contribution in [2.45, 2.75) is 12.5 Å². The molecule has 152 valence electrons. The van der Waals surface area contributed by atoms with Crippen LogP contribution < -0.4 is 4.74 Å². The number of amides is 1. The van der Waals surface area contributed by atoms with E-state index in [2.05, 4.69) is 15.9 Å². The van der Waals surface area contributed by atoms with Crippen LogP contribution in [0.25, 0.3) is 5.76 Å². The number of aliphatic hydroxyl groups is 1. The lowest BCUT2D eigenvalue weighted by molar-refractivity contribution is -0.140. The van der Waals surface area contributed by atoms with Gasteiger partial charge in [-0.1, -0.05) is 28.1 Å². The summed E-state index contributed by atoms with van der Waals surface area (Å²) >= 11 is 3.44. The summed E-state index contributed by atoms with van der Waals surface area (Å²) in [6, 6.07) is 13.4. The van der Waals surface area contributed by atoms with E-state index < -0.39 is 17.7 Å². The van der Waals surface area contributed by atoms with E-state index in [0.29, 0.717) is 30.9 Å². The molecule has 1 aliphatic rings. The molecule has 1 aliphatic heterocycles. The first-order valence-corrected chi connectivity index (χ1v) is 9.94. The molecule has 1 unspecified atom stereocenters. The van der Waals surface area contributed by atoms with E-state index in [1.807, 2.05) is 24.3 Å². The predicted octanol–water partition coefficient (Wildman–Crippen LogP) is 3.92. The Hall–Kier alpha value is -2.64. The molecular formula is C22H22BrNO5. The number of Topliss-reactive ketones (excluding diaryl/α,β-unsaturated/α-hetero) is 1. The number of methoxy groups -OCH3 is 2. The molecule has 0 radical (unpaired) electrons. The fraction of sp³-hybridized carbons (Fsp3) is 0.273. The van der Waals surface area contributed by atoms with Crippen molar-refractivity contribution >= 4 is 33.4 Å². The second-order valence-corrected chi connectivity index (χ2v) is 7.54. The molecule has 2 aromatic rings. The number of ether oxygens (including phenoxy) is 2. The van der Waals surface area contributed by atoms with Gasteiger partial charge < -0.3 is 19.5 Å². The molecule has 1 N–H and O–H groups in total. The zero-order chi connectivity index (χ0) is 21.0. The van der Waals surface area contributed by atoms with Gasteiger partial charge in [0.15, 0.2) is 0 Å². The normalized spacial score (nSPS) is 18.3. The van der Waals surface area contributed by atoms with Gasteiger partial charge in [0.2, 0.25) is 0 Å². The lowest BCUT2D eigenvalue weighted by atomic mass is 9.95. The van der Waals surface area contributed by atoms with Gasteiger partial charge in [-0.2, -0.15) is 0 Å². The maximum absolute atomic E-state index is 12.9. The highest BCUT2D eigenvalue weighted by atomic mass is 79.9. The highest BCUT2D eigenvalue weighted by molar-refractivity contribution is 9.10. The Balaban J connectivity index is 2.10. The first-order valence-electron chi connectivity index (χ1n) is 9.15. The Bertz CT molecular complexity index is 938. The Morgan fingerprint density at radius 2 is 1.86 bits per heavy atom. The maximum Gasteiger partial charge on any atom is 0.295 e. The summed E-state index contributed by atoms with van der Waals surface area (Å²) in [6.45, 7) is 0.807. The Kier molecular flexibility index (Phi) is 6.71. The highest BCUT2D eigenvalue weighted by Crippen LogP contribution is 2.40. The van der Waals surface area contributed by atoms with Crippen LogP contribution in [-0.2, 0) is 14.3 Å². The largest absolute Gasteiger partial charge is 0.507 e. The van der Waals surface area contributed by atoms with E-state index >= 15 is 0 Å². The fourth-order valence-corrected chi connectivity index (χ4v) is 3.83. The molecule has 6 nitrogen and oxygen atoms in total. The molecule has 0 aromatic heterocycles. The third kappa shape index (κ3) is 4.36. The number of benzene rings is 2. The van der Waals surface area contributed by atoms with Crippen LogP contribution in [0.4, 0.5) is 0 Å². The molecule has 1 heterocycles. The van der Waals surface area contributed by atoms with Gasteiger partial charge in [-0.15, -0.1) is 0 Å². The number of halogens is 1. The van der Waals surface area contributed by atoms with E-state index in [1.165, 1.54) is 4.90 Å². The Morgan fingerprint density at radius 1 is 1.14 bits per heavy atom. The molecule has 0 bridgehead atoms. The van der Waals surface area contributed by atoms with Crippen LogP contribution >= 0.6 is 15.9 Å². The summed E-state index contributed by atoms with van der Waals surface area (Å²) in [4.78, 5) is 27.1. The van der Waals surface area contributed by atoms with E-state index in [0.717, 1.165) is 10.0 Å². The quantitative estimate of drug-likeness (QED) is 0.294. The molecule has 3 rings (SSSR count). The van der Waals surface area contributed by atoms with Crippen molar-refractivity contribution in [2.24, 2.45) is 0 Å².